The molecule has 0 saturated heterocycles. The minimum Gasteiger partial charge on any atom is -0.465 e. The van der Waals surface area contributed by atoms with Crippen molar-refractivity contribution >= 4 is 36.1 Å². The number of nitrogens with zero attached hydrogens (tertiary/aromatic N) is 2. The fraction of sp³-hybridized carbons (Fsp3) is 0.647. The van der Waals surface area contributed by atoms with Crippen LogP contribution in [0.15, 0.2) is 35.3 Å². The molecule has 0 aliphatic rings. The van der Waals surface area contributed by atoms with Crippen molar-refractivity contribution in [3.05, 3.63) is 35.9 Å². The van der Waals surface area contributed by atoms with Gasteiger partial charge < -0.3 is 30.9 Å². The molecular formula is C34H57N7O8. The minimum absolute atomic E-state index is 0.151. The SMILES string of the molecule is CC(CCN(CCCCNC(=O)CC(=O)NCCCCCCCCN=C(NC(=O)O)NC(=O)OC(C)(C)C)Cc1ccccc1)NC(=O)O. The van der Waals surface area contributed by atoms with Crippen molar-refractivity contribution in [2.75, 3.05) is 32.7 Å². The van der Waals surface area contributed by atoms with Gasteiger partial charge in [0.05, 0.1) is 0 Å². The van der Waals surface area contributed by atoms with Gasteiger partial charge in [-0.3, -0.25) is 30.1 Å². The summed E-state index contributed by atoms with van der Waals surface area (Å²) in [5.74, 6) is -0.791. The largest absolute Gasteiger partial charge is 0.465 e. The quantitative estimate of drug-likeness (QED) is 0.0396. The Balaban J connectivity index is 2.17. The van der Waals surface area contributed by atoms with Gasteiger partial charge in [-0.25, -0.2) is 14.4 Å². The summed E-state index contributed by atoms with van der Waals surface area (Å²) in [6.07, 6.45) is 4.12. The number of benzene rings is 1. The second-order valence-corrected chi connectivity index (χ2v) is 12.9. The molecule has 15 heteroatoms. The van der Waals surface area contributed by atoms with Crippen molar-refractivity contribution < 1.29 is 38.9 Å². The van der Waals surface area contributed by atoms with E-state index in [-0.39, 0.29) is 30.2 Å². The molecule has 1 atom stereocenters. The van der Waals surface area contributed by atoms with Crippen molar-refractivity contribution in [3.63, 3.8) is 0 Å². The molecular weight excluding hydrogens is 634 g/mol. The Kier molecular flexibility index (Phi) is 21.5. The van der Waals surface area contributed by atoms with Gasteiger partial charge in [-0.15, -0.1) is 0 Å². The molecule has 49 heavy (non-hydrogen) atoms. The Hall–Kier alpha value is -4.40. The molecule has 15 nitrogen and oxygen atoms in total. The lowest BCUT2D eigenvalue weighted by Crippen LogP contribution is -2.45. The number of guanidine groups is 1. The normalized spacial score (nSPS) is 12.1. The number of unbranched alkanes of at least 4 members (excludes halogenated alkanes) is 6. The number of ether oxygens (including phenoxy) is 1. The van der Waals surface area contributed by atoms with Crippen molar-refractivity contribution in [2.45, 2.75) is 110 Å². The molecule has 0 radical (unpaired) electrons. The molecule has 0 heterocycles. The third-order valence-corrected chi connectivity index (χ3v) is 7.06. The van der Waals surface area contributed by atoms with Crippen LogP contribution in [0.2, 0.25) is 0 Å². The number of hydrogen-bond donors (Lipinski definition) is 7. The molecule has 5 amide bonds. The number of hydrogen-bond acceptors (Lipinski definition) is 8. The molecule has 0 aliphatic carbocycles. The van der Waals surface area contributed by atoms with Crippen molar-refractivity contribution in [1.82, 2.24) is 31.5 Å². The average Bonchev–Trinajstić information content (AvgIpc) is 2.99. The Morgan fingerprint density at radius 3 is 1.98 bits per heavy atom. The summed E-state index contributed by atoms with van der Waals surface area (Å²) in [6, 6.07) is 9.94. The zero-order chi connectivity index (χ0) is 36.5. The third-order valence-electron chi connectivity index (χ3n) is 7.06. The predicted octanol–water partition coefficient (Wildman–Crippen LogP) is 4.43. The van der Waals surface area contributed by atoms with E-state index in [1.807, 2.05) is 25.1 Å². The highest BCUT2D eigenvalue weighted by Crippen LogP contribution is 2.09. The summed E-state index contributed by atoms with van der Waals surface area (Å²) in [4.78, 5) is 64.5. The van der Waals surface area contributed by atoms with Gasteiger partial charge >= 0.3 is 18.3 Å². The van der Waals surface area contributed by atoms with Crippen molar-refractivity contribution in [1.29, 1.82) is 0 Å². The van der Waals surface area contributed by atoms with Crippen LogP contribution in [-0.2, 0) is 20.9 Å². The van der Waals surface area contributed by atoms with Crippen LogP contribution >= 0.6 is 0 Å². The lowest BCUT2D eigenvalue weighted by atomic mass is 10.1. The topological polar surface area (TPSA) is 211 Å². The number of rotatable bonds is 22. The van der Waals surface area contributed by atoms with Crippen LogP contribution in [-0.4, -0.2) is 95.5 Å². The van der Waals surface area contributed by atoms with Crippen LogP contribution in [0.25, 0.3) is 0 Å². The highest BCUT2D eigenvalue weighted by Gasteiger charge is 2.18. The monoisotopic (exact) mass is 691 g/mol. The summed E-state index contributed by atoms with van der Waals surface area (Å²) in [7, 11) is 0. The first-order chi connectivity index (χ1) is 23.2. The maximum absolute atomic E-state index is 12.2. The van der Waals surface area contributed by atoms with Crippen molar-refractivity contribution in [2.24, 2.45) is 4.99 Å². The van der Waals surface area contributed by atoms with E-state index in [1.165, 1.54) is 5.56 Å². The number of carbonyl (C=O) groups excluding carboxylic acids is 3. The molecule has 1 unspecified atom stereocenters. The fourth-order valence-corrected chi connectivity index (χ4v) is 4.70. The number of aliphatic imine (C=N–C) groups is 1. The van der Waals surface area contributed by atoms with E-state index >= 15 is 0 Å². The lowest BCUT2D eigenvalue weighted by molar-refractivity contribution is -0.129. The Morgan fingerprint density at radius 1 is 0.796 bits per heavy atom. The maximum atomic E-state index is 12.2. The van der Waals surface area contributed by atoms with E-state index in [2.05, 4.69) is 48.6 Å². The van der Waals surface area contributed by atoms with Crippen LogP contribution in [0.4, 0.5) is 14.4 Å². The highest BCUT2D eigenvalue weighted by molar-refractivity contribution is 6.00. The molecule has 0 aliphatic heterocycles. The zero-order valence-corrected chi connectivity index (χ0v) is 29.5. The summed E-state index contributed by atoms with van der Waals surface area (Å²) >= 11 is 0. The summed E-state index contributed by atoms with van der Waals surface area (Å²) in [5, 5.41) is 30.4. The number of nitrogens with one attached hydrogen (secondary N) is 5. The molecule has 0 bridgehead atoms. The van der Waals surface area contributed by atoms with Gasteiger partial charge in [0.1, 0.15) is 12.0 Å². The van der Waals surface area contributed by atoms with Crippen LogP contribution < -0.4 is 26.6 Å². The number of alkyl carbamates (subject to hydrolysis) is 1. The fourth-order valence-electron chi connectivity index (χ4n) is 4.70. The van der Waals surface area contributed by atoms with Gasteiger partial charge in [0.2, 0.25) is 17.8 Å². The molecule has 7 N–H and O–H groups in total. The number of carbonyl (C=O) groups is 5. The molecule has 0 aromatic heterocycles. The van der Waals surface area contributed by atoms with Gasteiger partial charge in [-0.2, -0.15) is 0 Å². The van der Waals surface area contributed by atoms with E-state index in [4.69, 9.17) is 14.9 Å². The third kappa shape index (κ3) is 25.3. The molecule has 1 aromatic rings. The zero-order valence-electron chi connectivity index (χ0n) is 29.5. The van der Waals surface area contributed by atoms with E-state index in [0.29, 0.717) is 32.5 Å². The van der Waals surface area contributed by atoms with Crippen LogP contribution in [0.3, 0.4) is 0 Å². The summed E-state index contributed by atoms with van der Waals surface area (Å²) < 4.78 is 5.11. The van der Waals surface area contributed by atoms with Crippen LogP contribution in [0.5, 0.6) is 0 Å². The van der Waals surface area contributed by atoms with E-state index in [0.717, 1.165) is 64.6 Å². The van der Waals surface area contributed by atoms with Gasteiger partial charge in [0, 0.05) is 38.8 Å². The van der Waals surface area contributed by atoms with Crippen LogP contribution in [0.1, 0.15) is 97.5 Å². The van der Waals surface area contributed by atoms with Gasteiger partial charge in [0.15, 0.2) is 0 Å². The number of carboxylic acid groups (broad SMARTS) is 2. The van der Waals surface area contributed by atoms with Crippen LogP contribution in [0, 0.1) is 0 Å². The molecule has 0 fully saturated rings. The number of amides is 5. The average molecular weight is 692 g/mol. The van der Waals surface area contributed by atoms with E-state index in [9.17, 15) is 24.0 Å². The molecule has 0 spiro atoms. The Labute approximate surface area is 290 Å². The predicted molar refractivity (Wildman–Crippen MR) is 187 cm³/mol. The summed E-state index contributed by atoms with van der Waals surface area (Å²) in [6.45, 7) is 10.6. The summed E-state index contributed by atoms with van der Waals surface area (Å²) in [5.41, 5.74) is 0.456. The van der Waals surface area contributed by atoms with Gasteiger partial charge in [-0.05, 0) is 71.9 Å². The minimum atomic E-state index is -1.34. The smallest absolute Gasteiger partial charge is 0.414 e. The highest BCUT2D eigenvalue weighted by atomic mass is 16.6. The first kappa shape index (κ1) is 42.6. The standard InChI is InChI=1S/C34H57N7O8/c1-26(38-31(44)45)18-23-41(25-27-16-10-9-11-17-27)22-15-14-20-36-29(43)24-28(42)35-19-12-7-5-6-8-13-21-37-30(39-32(46)47)40-33(48)49-34(2,3)4/h9-11,16-17,26,38H,5-8,12-15,18-25H2,1-4H3,(H,35,42)(H,36,43)(H,44,45)(H,46,47)(H2,37,39,40,48). The first-order valence-electron chi connectivity index (χ1n) is 17.1. The second kappa shape index (κ2) is 24.7. The second-order valence-electron chi connectivity index (χ2n) is 12.9. The molecule has 1 rings (SSSR count). The van der Waals surface area contributed by atoms with Crippen molar-refractivity contribution in [3.8, 4) is 0 Å². The first-order valence-corrected chi connectivity index (χ1v) is 17.1. The Bertz CT molecular complexity index is 1170. The van der Waals surface area contributed by atoms with E-state index < -0.39 is 23.9 Å². The van der Waals surface area contributed by atoms with Gasteiger partial charge in [-0.1, -0.05) is 56.0 Å². The molecule has 276 valence electrons. The molecule has 0 saturated carbocycles. The Morgan fingerprint density at radius 2 is 1.39 bits per heavy atom. The van der Waals surface area contributed by atoms with E-state index in [1.54, 1.807) is 20.8 Å². The molecule has 1 aromatic carbocycles. The lowest BCUT2D eigenvalue weighted by Gasteiger charge is -2.24. The maximum Gasteiger partial charge on any atom is 0.414 e. The van der Waals surface area contributed by atoms with Gasteiger partial charge in [0.25, 0.3) is 0 Å².